The maximum Gasteiger partial charge on any atom is 0.265 e. The molecule has 0 aliphatic heterocycles. The zero-order valence-electron chi connectivity index (χ0n) is 7.48. The van der Waals surface area contributed by atoms with Crippen molar-refractivity contribution in [3.8, 4) is 6.07 Å². The van der Waals surface area contributed by atoms with Gasteiger partial charge in [-0.2, -0.15) is 5.26 Å². The maximum absolute atomic E-state index is 12.6. The highest BCUT2D eigenvalue weighted by Gasteiger charge is 2.16. The fourth-order valence-electron chi connectivity index (χ4n) is 1.09. The average molecular weight is 296 g/mol. The Bertz CT molecular complexity index is 404. The fraction of sp³-hybridized carbons (Fsp3) is 0.333. The predicted molar refractivity (Wildman–Crippen MR) is 56.2 cm³/mol. The molecule has 0 amide bonds. The van der Waals surface area contributed by atoms with Crippen LogP contribution in [0.5, 0.6) is 0 Å². The summed E-state index contributed by atoms with van der Waals surface area (Å²) >= 11 is 8.79. The van der Waals surface area contributed by atoms with Crippen molar-refractivity contribution in [2.45, 2.75) is 18.2 Å². The third-order valence-corrected chi connectivity index (χ3v) is 2.65. The molecule has 0 atom stereocenters. The van der Waals surface area contributed by atoms with E-state index in [0.29, 0.717) is 5.56 Å². The molecular formula is C9H6BrClF2N2. The van der Waals surface area contributed by atoms with Gasteiger partial charge in [0.05, 0.1) is 18.2 Å². The van der Waals surface area contributed by atoms with Crippen LogP contribution in [-0.2, 0) is 11.8 Å². The van der Waals surface area contributed by atoms with Crippen LogP contribution in [0.4, 0.5) is 8.78 Å². The first-order chi connectivity index (χ1) is 7.10. The first-order valence-electron chi connectivity index (χ1n) is 3.99. The summed E-state index contributed by atoms with van der Waals surface area (Å²) in [5.41, 5.74) is 0.359. The Kier molecular flexibility index (Phi) is 4.43. The normalized spacial score (nSPS) is 10.4. The number of rotatable bonds is 3. The van der Waals surface area contributed by atoms with Gasteiger partial charge in [0, 0.05) is 16.5 Å². The van der Waals surface area contributed by atoms with Gasteiger partial charge in [-0.05, 0) is 6.07 Å². The predicted octanol–water partition coefficient (Wildman–Crippen LogP) is 3.63. The standard InChI is InChI=1S/C9H6BrClF2N2/c10-4-7-6(9(12)13)3-5(1-2-14)8(11)15-7/h3,9H,1,4H2. The molecule has 0 unspecified atom stereocenters. The molecule has 0 spiro atoms. The van der Waals surface area contributed by atoms with Crippen LogP contribution in [0.3, 0.4) is 0 Å². The molecule has 0 aliphatic carbocycles. The second-order valence-corrected chi connectivity index (χ2v) is 3.66. The van der Waals surface area contributed by atoms with Gasteiger partial charge < -0.3 is 0 Å². The third-order valence-electron chi connectivity index (χ3n) is 1.79. The largest absolute Gasteiger partial charge is 0.265 e. The maximum atomic E-state index is 12.6. The summed E-state index contributed by atoms with van der Waals surface area (Å²) < 4.78 is 25.2. The van der Waals surface area contributed by atoms with E-state index in [0.717, 1.165) is 0 Å². The molecule has 0 radical (unpaired) electrons. The number of aromatic nitrogens is 1. The third kappa shape index (κ3) is 2.86. The molecule has 2 nitrogen and oxygen atoms in total. The first-order valence-corrected chi connectivity index (χ1v) is 5.49. The van der Waals surface area contributed by atoms with E-state index in [4.69, 9.17) is 16.9 Å². The lowest BCUT2D eigenvalue weighted by Crippen LogP contribution is -2.00. The molecule has 0 bridgehead atoms. The molecule has 0 aliphatic rings. The van der Waals surface area contributed by atoms with Crippen molar-refractivity contribution in [3.63, 3.8) is 0 Å². The van der Waals surface area contributed by atoms with Crippen molar-refractivity contribution in [2.75, 3.05) is 0 Å². The smallest absolute Gasteiger partial charge is 0.239 e. The van der Waals surface area contributed by atoms with Gasteiger partial charge in [-0.3, -0.25) is 0 Å². The number of alkyl halides is 3. The summed E-state index contributed by atoms with van der Waals surface area (Å²) in [6, 6.07) is 3.08. The second-order valence-electron chi connectivity index (χ2n) is 2.74. The molecule has 0 fully saturated rings. The monoisotopic (exact) mass is 294 g/mol. The minimum absolute atomic E-state index is 0.0197. The van der Waals surface area contributed by atoms with Gasteiger partial charge in [-0.1, -0.05) is 27.5 Å². The summed E-state index contributed by atoms with van der Waals surface area (Å²) in [7, 11) is 0. The van der Waals surface area contributed by atoms with E-state index in [1.807, 2.05) is 6.07 Å². The minimum Gasteiger partial charge on any atom is -0.239 e. The lowest BCUT2D eigenvalue weighted by molar-refractivity contribution is 0.150. The number of nitriles is 1. The summed E-state index contributed by atoms with van der Waals surface area (Å²) in [6.07, 6.45) is -2.63. The van der Waals surface area contributed by atoms with Crippen molar-refractivity contribution in [1.29, 1.82) is 5.26 Å². The number of nitrogens with zero attached hydrogens (tertiary/aromatic N) is 2. The Labute approximate surface area is 99.0 Å². The Morgan fingerprint density at radius 3 is 2.73 bits per heavy atom. The Hall–Kier alpha value is -0.730. The van der Waals surface area contributed by atoms with Gasteiger partial charge in [0.25, 0.3) is 6.43 Å². The number of hydrogen-bond acceptors (Lipinski definition) is 2. The fourth-order valence-corrected chi connectivity index (χ4v) is 1.76. The average Bonchev–Trinajstić information content (AvgIpc) is 2.20. The number of hydrogen-bond donors (Lipinski definition) is 0. The van der Waals surface area contributed by atoms with Crippen LogP contribution in [-0.4, -0.2) is 4.98 Å². The van der Waals surface area contributed by atoms with Gasteiger partial charge in [0.2, 0.25) is 0 Å². The van der Waals surface area contributed by atoms with E-state index in [-0.39, 0.29) is 28.2 Å². The Morgan fingerprint density at radius 1 is 1.60 bits per heavy atom. The SMILES string of the molecule is N#CCc1cc(C(F)F)c(CBr)nc1Cl. The first kappa shape index (κ1) is 12.3. The molecule has 15 heavy (non-hydrogen) atoms. The van der Waals surface area contributed by atoms with Crippen LogP contribution in [0.25, 0.3) is 0 Å². The van der Waals surface area contributed by atoms with Crippen molar-refractivity contribution in [1.82, 2.24) is 4.98 Å². The minimum atomic E-state index is -2.61. The number of halogens is 4. The second kappa shape index (κ2) is 5.38. The lowest BCUT2D eigenvalue weighted by Gasteiger charge is -2.08. The van der Waals surface area contributed by atoms with E-state index in [1.54, 1.807) is 0 Å². The molecule has 1 aromatic rings. The summed E-state index contributed by atoms with van der Waals surface area (Å²) in [4.78, 5) is 3.82. The van der Waals surface area contributed by atoms with Gasteiger partial charge in [-0.25, -0.2) is 13.8 Å². The zero-order chi connectivity index (χ0) is 11.4. The van der Waals surface area contributed by atoms with E-state index >= 15 is 0 Å². The zero-order valence-corrected chi connectivity index (χ0v) is 9.82. The van der Waals surface area contributed by atoms with Crippen LogP contribution < -0.4 is 0 Å². The lowest BCUT2D eigenvalue weighted by atomic mass is 10.1. The quantitative estimate of drug-likeness (QED) is 0.630. The molecule has 1 heterocycles. The molecule has 1 rings (SSSR count). The topological polar surface area (TPSA) is 36.7 Å². The Balaban J connectivity index is 3.25. The molecule has 80 valence electrons. The summed E-state index contributed by atoms with van der Waals surface area (Å²) in [6.45, 7) is 0. The number of pyridine rings is 1. The molecule has 0 saturated carbocycles. The van der Waals surface area contributed by atoms with Crippen LogP contribution in [0.1, 0.15) is 23.2 Å². The summed E-state index contributed by atoms with van der Waals surface area (Å²) in [5.74, 6) is 0. The van der Waals surface area contributed by atoms with Gasteiger partial charge in [-0.15, -0.1) is 0 Å². The van der Waals surface area contributed by atoms with Gasteiger partial charge in [0.1, 0.15) is 5.15 Å². The van der Waals surface area contributed by atoms with Gasteiger partial charge >= 0.3 is 0 Å². The molecule has 6 heteroatoms. The van der Waals surface area contributed by atoms with Gasteiger partial charge in [0.15, 0.2) is 0 Å². The van der Waals surface area contributed by atoms with Crippen LogP contribution in [0.15, 0.2) is 6.07 Å². The van der Waals surface area contributed by atoms with Crippen molar-refractivity contribution in [2.24, 2.45) is 0 Å². The van der Waals surface area contributed by atoms with Crippen LogP contribution in [0, 0.1) is 11.3 Å². The van der Waals surface area contributed by atoms with Crippen LogP contribution >= 0.6 is 27.5 Å². The van der Waals surface area contributed by atoms with E-state index in [9.17, 15) is 8.78 Å². The Morgan fingerprint density at radius 2 is 2.27 bits per heavy atom. The molecule has 0 N–H and O–H groups in total. The van der Waals surface area contributed by atoms with Crippen molar-refractivity contribution < 1.29 is 8.78 Å². The highest BCUT2D eigenvalue weighted by atomic mass is 79.9. The van der Waals surface area contributed by atoms with Crippen molar-refractivity contribution in [3.05, 3.63) is 28.0 Å². The molecule has 0 aromatic carbocycles. The van der Waals surface area contributed by atoms with E-state index in [2.05, 4.69) is 20.9 Å². The van der Waals surface area contributed by atoms with Crippen LogP contribution in [0.2, 0.25) is 5.15 Å². The van der Waals surface area contributed by atoms with Crippen molar-refractivity contribution >= 4 is 27.5 Å². The summed E-state index contributed by atoms with van der Waals surface area (Å²) in [5, 5.41) is 8.78. The highest BCUT2D eigenvalue weighted by molar-refractivity contribution is 9.08. The molecular weight excluding hydrogens is 289 g/mol. The molecule has 1 aromatic heterocycles. The van der Waals surface area contributed by atoms with E-state index in [1.165, 1.54) is 6.07 Å². The molecule has 0 saturated heterocycles. The van der Waals surface area contributed by atoms with E-state index < -0.39 is 6.43 Å². The highest BCUT2D eigenvalue weighted by Crippen LogP contribution is 2.27.